The molecule has 1 saturated heterocycles. The maximum Gasteiger partial charge on any atom is 0.135 e. The van der Waals surface area contributed by atoms with Crippen LogP contribution in [0.1, 0.15) is 27.7 Å². The van der Waals surface area contributed by atoms with E-state index in [4.69, 9.17) is 5.11 Å². The highest BCUT2D eigenvalue weighted by atomic mass is 32.2. The van der Waals surface area contributed by atoms with Gasteiger partial charge in [-0.3, -0.25) is 4.21 Å². The number of hydrogen-bond donors (Lipinski definition) is 2. The molecule has 102 valence electrons. The summed E-state index contributed by atoms with van der Waals surface area (Å²) >= 11 is 0. The van der Waals surface area contributed by atoms with Gasteiger partial charge in [-0.2, -0.15) is 0 Å². The monoisotopic (exact) mass is 270 g/mol. The first-order valence-electron chi connectivity index (χ1n) is 6.11. The highest BCUT2D eigenvalue weighted by molar-refractivity contribution is 7.85. The molecule has 1 aliphatic heterocycles. The third kappa shape index (κ3) is 3.03. The molecular formula is C14H22O3S. The van der Waals surface area contributed by atoms with Crippen molar-refractivity contribution >= 4 is 10.8 Å². The van der Waals surface area contributed by atoms with Crippen molar-refractivity contribution in [3.05, 3.63) is 11.6 Å². The lowest BCUT2D eigenvalue weighted by atomic mass is 9.69. The number of aliphatic hydroxyl groups is 2. The van der Waals surface area contributed by atoms with Crippen molar-refractivity contribution < 1.29 is 14.4 Å². The fraction of sp³-hybridized carbons (Fsp3) is 0.714. The largest absolute Gasteiger partial charge is 0.392 e. The van der Waals surface area contributed by atoms with Gasteiger partial charge in [0.15, 0.2) is 0 Å². The van der Waals surface area contributed by atoms with Gasteiger partial charge < -0.3 is 10.2 Å². The van der Waals surface area contributed by atoms with E-state index in [1.807, 2.05) is 20.8 Å². The normalized spacial score (nSPS) is 35.8. The molecular weight excluding hydrogens is 248 g/mol. The second kappa shape index (κ2) is 5.56. The Morgan fingerprint density at radius 2 is 2.17 bits per heavy atom. The highest BCUT2D eigenvalue weighted by Gasteiger charge is 2.51. The molecule has 1 heterocycles. The van der Waals surface area contributed by atoms with Crippen LogP contribution in [0.25, 0.3) is 0 Å². The van der Waals surface area contributed by atoms with Gasteiger partial charge in [0.25, 0.3) is 0 Å². The highest BCUT2D eigenvalue weighted by Crippen LogP contribution is 2.41. The number of aliphatic hydroxyl groups excluding tert-OH is 1. The van der Waals surface area contributed by atoms with Gasteiger partial charge in [-0.15, -0.1) is 0 Å². The zero-order chi connectivity index (χ0) is 14.0. The van der Waals surface area contributed by atoms with Gasteiger partial charge in [0.2, 0.25) is 0 Å². The van der Waals surface area contributed by atoms with Gasteiger partial charge >= 0.3 is 0 Å². The van der Waals surface area contributed by atoms with Crippen molar-refractivity contribution in [3.63, 3.8) is 0 Å². The fourth-order valence-corrected chi connectivity index (χ4v) is 4.25. The molecule has 18 heavy (non-hydrogen) atoms. The van der Waals surface area contributed by atoms with E-state index >= 15 is 0 Å². The molecule has 0 aliphatic carbocycles. The molecule has 0 spiro atoms. The van der Waals surface area contributed by atoms with E-state index in [-0.39, 0.29) is 12.5 Å². The summed E-state index contributed by atoms with van der Waals surface area (Å²) in [6, 6.07) is 0. The SMILES string of the molecule is C/C(C#CC1(O)C(C)CS(=O)CC1(C)C)=C\CO. The van der Waals surface area contributed by atoms with Crippen LogP contribution in [0.2, 0.25) is 0 Å². The van der Waals surface area contributed by atoms with Crippen LogP contribution >= 0.6 is 0 Å². The lowest BCUT2D eigenvalue weighted by Crippen LogP contribution is -2.56. The average Bonchev–Trinajstić information content (AvgIpc) is 2.23. The molecule has 0 aromatic heterocycles. The number of rotatable bonds is 1. The third-order valence-corrected chi connectivity index (χ3v) is 5.47. The summed E-state index contributed by atoms with van der Waals surface area (Å²) < 4.78 is 11.7. The molecule has 0 aromatic carbocycles. The van der Waals surface area contributed by atoms with Crippen molar-refractivity contribution in [2.24, 2.45) is 11.3 Å². The summed E-state index contributed by atoms with van der Waals surface area (Å²) in [6.07, 6.45) is 1.61. The van der Waals surface area contributed by atoms with E-state index in [1.54, 1.807) is 13.0 Å². The summed E-state index contributed by atoms with van der Waals surface area (Å²) in [5.41, 5.74) is -0.895. The molecule has 0 radical (unpaired) electrons. The first-order chi connectivity index (χ1) is 8.23. The molecule has 1 aliphatic rings. The Morgan fingerprint density at radius 1 is 1.56 bits per heavy atom. The van der Waals surface area contributed by atoms with E-state index in [0.717, 1.165) is 5.57 Å². The van der Waals surface area contributed by atoms with Gasteiger partial charge in [-0.25, -0.2) is 0 Å². The molecule has 3 atom stereocenters. The molecule has 1 fully saturated rings. The molecule has 3 unspecified atom stereocenters. The predicted octanol–water partition coefficient (Wildman–Crippen LogP) is 1.08. The first kappa shape index (κ1) is 15.4. The van der Waals surface area contributed by atoms with Crippen molar-refractivity contribution in [1.82, 2.24) is 0 Å². The lowest BCUT2D eigenvalue weighted by molar-refractivity contribution is -0.0441. The van der Waals surface area contributed by atoms with Crippen LogP contribution in [0.3, 0.4) is 0 Å². The summed E-state index contributed by atoms with van der Waals surface area (Å²) in [4.78, 5) is 0. The quantitative estimate of drug-likeness (QED) is 0.701. The second-order valence-corrected chi connectivity index (χ2v) is 7.12. The third-order valence-electron chi connectivity index (χ3n) is 3.55. The average molecular weight is 270 g/mol. The smallest absolute Gasteiger partial charge is 0.135 e. The number of allylic oxidation sites excluding steroid dienone is 1. The van der Waals surface area contributed by atoms with Crippen molar-refractivity contribution in [2.75, 3.05) is 18.1 Å². The maximum atomic E-state index is 11.7. The summed E-state index contributed by atoms with van der Waals surface area (Å²) in [7, 11) is -0.886. The van der Waals surface area contributed by atoms with Crippen molar-refractivity contribution in [1.29, 1.82) is 0 Å². The fourth-order valence-electron chi connectivity index (χ4n) is 2.31. The minimum Gasteiger partial charge on any atom is -0.392 e. The van der Waals surface area contributed by atoms with Crippen LogP contribution in [0, 0.1) is 23.2 Å². The standard InChI is InChI=1S/C14H22O3S/c1-11(6-8-15)5-7-14(16)12(2)9-18(17)10-13(14,3)4/h6,12,15-16H,8-10H2,1-4H3/b11-6+. The lowest BCUT2D eigenvalue weighted by Gasteiger charge is -2.46. The number of hydrogen-bond acceptors (Lipinski definition) is 3. The molecule has 3 nitrogen and oxygen atoms in total. The molecule has 0 aromatic rings. The topological polar surface area (TPSA) is 57.5 Å². The van der Waals surface area contributed by atoms with Gasteiger partial charge in [0, 0.05) is 33.6 Å². The Kier molecular flexibility index (Phi) is 4.77. The van der Waals surface area contributed by atoms with Gasteiger partial charge in [0.05, 0.1) is 6.61 Å². The molecule has 2 N–H and O–H groups in total. The van der Waals surface area contributed by atoms with Crippen molar-refractivity contribution in [3.8, 4) is 11.8 Å². The van der Waals surface area contributed by atoms with Gasteiger partial charge in [0.1, 0.15) is 5.60 Å². The van der Waals surface area contributed by atoms with E-state index in [9.17, 15) is 9.32 Å². The Balaban J connectivity index is 3.09. The minimum atomic E-state index is -1.13. The van der Waals surface area contributed by atoms with E-state index < -0.39 is 21.8 Å². The van der Waals surface area contributed by atoms with Gasteiger partial charge in [-0.05, 0) is 18.6 Å². The van der Waals surface area contributed by atoms with E-state index in [2.05, 4.69) is 11.8 Å². The van der Waals surface area contributed by atoms with Crippen LogP contribution in [0.4, 0.5) is 0 Å². The Bertz CT molecular complexity index is 428. The van der Waals surface area contributed by atoms with Crippen LogP contribution in [-0.4, -0.2) is 38.1 Å². The van der Waals surface area contributed by atoms with Gasteiger partial charge in [-0.1, -0.05) is 32.6 Å². The Morgan fingerprint density at radius 3 is 2.67 bits per heavy atom. The van der Waals surface area contributed by atoms with Crippen LogP contribution in [0.15, 0.2) is 11.6 Å². The summed E-state index contributed by atoms with van der Waals surface area (Å²) in [6.45, 7) is 7.44. The molecule has 0 amide bonds. The minimum absolute atomic E-state index is 0.0537. The maximum absolute atomic E-state index is 11.7. The summed E-state index contributed by atoms with van der Waals surface area (Å²) in [5, 5.41) is 19.6. The molecule has 0 bridgehead atoms. The Hall–Kier alpha value is -0.630. The zero-order valence-corrected chi connectivity index (χ0v) is 12.3. The van der Waals surface area contributed by atoms with E-state index in [0.29, 0.717) is 11.5 Å². The van der Waals surface area contributed by atoms with Crippen molar-refractivity contribution in [2.45, 2.75) is 33.3 Å². The molecule has 0 saturated carbocycles. The van der Waals surface area contributed by atoms with E-state index in [1.165, 1.54) is 0 Å². The Labute approximate surface area is 112 Å². The molecule has 1 rings (SSSR count). The second-order valence-electron chi connectivity index (χ2n) is 5.62. The molecule has 4 heteroatoms. The first-order valence-corrected chi connectivity index (χ1v) is 7.60. The zero-order valence-electron chi connectivity index (χ0n) is 11.5. The van der Waals surface area contributed by atoms with Crippen LogP contribution in [-0.2, 0) is 10.8 Å². The van der Waals surface area contributed by atoms with Crippen LogP contribution in [0.5, 0.6) is 0 Å². The predicted molar refractivity (Wildman–Crippen MR) is 74.4 cm³/mol. The summed E-state index contributed by atoms with van der Waals surface area (Å²) in [5.74, 6) is 6.65. The van der Waals surface area contributed by atoms with Crippen LogP contribution < -0.4 is 0 Å².